The molecule has 0 fully saturated rings. The summed E-state index contributed by atoms with van der Waals surface area (Å²) in [5.74, 6) is 5.31. The standard InChI is InChI=1S/C13H23N3O2S/c1-3-5-6-10(4-2)7-18-8-11-9-19-13(15-11)12(17)16-14/h9-10H,3-8,14H2,1-2H3,(H,16,17). The molecule has 0 aromatic carbocycles. The molecule has 108 valence electrons. The fourth-order valence-corrected chi connectivity index (χ4v) is 2.47. The van der Waals surface area contributed by atoms with E-state index in [9.17, 15) is 4.79 Å². The Morgan fingerprint density at radius 2 is 2.37 bits per heavy atom. The molecule has 0 aliphatic rings. The molecule has 1 atom stereocenters. The van der Waals surface area contributed by atoms with Gasteiger partial charge in [-0.25, -0.2) is 10.8 Å². The maximum absolute atomic E-state index is 11.2. The summed E-state index contributed by atoms with van der Waals surface area (Å²) in [7, 11) is 0. The molecule has 19 heavy (non-hydrogen) atoms. The van der Waals surface area contributed by atoms with E-state index in [4.69, 9.17) is 10.6 Å². The van der Waals surface area contributed by atoms with E-state index in [1.807, 2.05) is 5.38 Å². The van der Waals surface area contributed by atoms with Crippen LogP contribution in [-0.4, -0.2) is 17.5 Å². The third kappa shape index (κ3) is 5.67. The zero-order valence-corrected chi connectivity index (χ0v) is 12.5. The van der Waals surface area contributed by atoms with E-state index in [0.29, 0.717) is 17.5 Å². The fourth-order valence-electron chi connectivity index (χ4n) is 1.77. The number of carbonyl (C=O) groups excluding carboxylic acids is 1. The highest BCUT2D eigenvalue weighted by atomic mass is 32.1. The van der Waals surface area contributed by atoms with Gasteiger partial charge in [-0.05, 0) is 12.3 Å². The molecule has 0 spiro atoms. The second kappa shape index (κ2) is 9.01. The highest BCUT2D eigenvalue weighted by Crippen LogP contribution is 2.15. The SMILES string of the molecule is CCCCC(CC)COCc1csc(C(=O)NN)n1. The van der Waals surface area contributed by atoms with Crippen molar-refractivity contribution >= 4 is 17.2 Å². The number of nitrogens with zero attached hydrogens (tertiary/aromatic N) is 1. The number of hydrogen-bond acceptors (Lipinski definition) is 5. The number of thiazole rings is 1. The van der Waals surface area contributed by atoms with Crippen LogP contribution in [0.5, 0.6) is 0 Å². The Morgan fingerprint density at radius 1 is 1.58 bits per heavy atom. The molecule has 0 aliphatic carbocycles. The summed E-state index contributed by atoms with van der Waals surface area (Å²) in [4.78, 5) is 15.4. The molecule has 1 rings (SSSR count). The number of amides is 1. The Labute approximate surface area is 118 Å². The largest absolute Gasteiger partial charge is 0.375 e. The van der Waals surface area contributed by atoms with Gasteiger partial charge in [-0.15, -0.1) is 11.3 Å². The van der Waals surface area contributed by atoms with Crippen molar-refractivity contribution < 1.29 is 9.53 Å². The zero-order chi connectivity index (χ0) is 14.1. The Hall–Kier alpha value is -0.980. The third-order valence-corrected chi connectivity index (χ3v) is 3.91. The number of carbonyl (C=O) groups is 1. The average Bonchev–Trinajstić information content (AvgIpc) is 2.90. The van der Waals surface area contributed by atoms with Crippen LogP contribution in [0.3, 0.4) is 0 Å². The highest BCUT2D eigenvalue weighted by molar-refractivity contribution is 7.11. The minimum Gasteiger partial charge on any atom is -0.375 e. The van der Waals surface area contributed by atoms with E-state index in [1.165, 1.54) is 30.6 Å². The van der Waals surface area contributed by atoms with Gasteiger partial charge in [-0.1, -0.05) is 33.1 Å². The molecule has 1 amide bonds. The van der Waals surface area contributed by atoms with Crippen molar-refractivity contribution in [3.63, 3.8) is 0 Å². The third-order valence-electron chi connectivity index (χ3n) is 3.02. The van der Waals surface area contributed by atoms with Gasteiger partial charge >= 0.3 is 0 Å². The number of hydrazine groups is 1. The lowest BCUT2D eigenvalue weighted by atomic mass is 10.0. The number of nitrogen functional groups attached to an aromatic ring is 1. The minimum atomic E-state index is -0.356. The van der Waals surface area contributed by atoms with E-state index in [-0.39, 0.29) is 5.91 Å². The van der Waals surface area contributed by atoms with Crippen molar-refractivity contribution in [3.8, 4) is 0 Å². The maximum Gasteiger partial charge on any atom is 0.294 e. The number of ether oxygens (including phenoxy) is 1. The first kappa shape index (κ1) is 16.1. The van der Waals surface area contributed by atoms with Crippen LogP contribution in [-0.2, 0) is 11.3 Å². The molecule has 1 aromatic rings. The van der Waals surface area contributed by atoms with Gasteiger partial charge in [0.25, 0.3) is 5.91 Å². The molecular weight excluding hydrogens is 262 g/mol. The molecule has 5 nitrogen and oxygen atoms in total. The van der Waals surface area contributed by atoms with Crippen LogP contribution in [0, 0.1) is 5.92 Å². The van der Waals surface area contributed by atoms with Gasteiger partial charge in [0.2, 0.25) is 0 Å². The molecule has 3 N–H and O–H groups in total. The number of hydrogen-bond donors (Lipinski definition) is 2. The van der Waals surface area contributed by atoms with Crippen LogP contribution in [0.25, 0.3) is 0 Å². The van der Waals surface area contributed by atoms with Gasteiger partial charge in [0.1, 0.15) is 0 Å². The summed E-state index contributed by atoms with van der Waals surface area (Å²) in [6.45, 7) is 5.60. The lowest BCUT2D eigenvalue weighted by molar-refractivity contribution is 0.0800. The predicted molar refractivity (Wildman–Crippen MR) is 76.7 cm³/mol. The summed E-state index contributed by atoms with van der Waals surface area (Å²) < 4.78 is 5.68. The first-order chi connectivity index (χ1) is 9.21. The van der Waals surface area contributed by atoms with Crippen molar-refractivity contribution in [2.45, 2.75) is 46.1 Å². The van der Waals surface area contributed by atoms with E-state index < -0.39 is 0 Å². The molecule has 1 aromatic heterocycles. The van der Waals surface area contributed by atoms with Crippen molar-refractivity contribution in [2.24, 2.45) is 11.8 Å². The normalized spacial score (nSPS) is 12.4. The topological polar surface area (TPSA) is 77.2 Å². The smallest absolute Gasteiger partial charge is 0.294 e. The molecule has 1 unspecified atom stereocenters. The molecule has 0 saturated carbocycles. The summed E-state index contributed by atoms with van der Waals surface area (Å²) in [6.07, 6.45) is 4.82. The Kier molecular flexibility index (Phi) is 7.62. The Bertz CT molecular complexity index is 382. The second-order valence-electron chi connectivity index (χ2n) is 4.55. The van der Waals surface area contributed by atoms with Gasteiger partial charge in [-0.3, -0.25) is 10.2 Å². The van der Waals surface area contributed by atoms with Gasteiger partial charge in [0.05, 0.1) is 12.3 Å². The van der Waals surface area contributed by atoms with E-state index in [1.54, 1.807) is 0 Å². The fraction of sp³-hybridized carbons (Fsp3) is 0.692. The summed E-state index contributed by atoms with van der Waals surface area (Å²) in [5, 5.41) is 2.21. The first-order valence-electron chi connectivity index (χ1n) is 6.74. The highest BCUT2D eigenvalue weighted by Gasteiger charge is 2.10. The Balaban J connectivity index is 2.32. The monoisotopic (exact) mass is 285 g/mol. The van der Waals surface area contributed by atoms with Crippen molar-refractivity contribution in [3.05, 3.63) is 16.1 Å². The van der Waals surface area contributed by atoms with E-state index >= 15 is 0 Å². The Morgan fingerprint density at radius 3 is 3.00 bits per heavy atom. The van der Waals surface area contributed by atoms with Crippen molar-refractivity contribution in [2.75, 3.05) is 6.61 Å². The van der Waals surface area contributed by atoms with Crippen LogP contribution < -0.4 is 11.3 Å². The molecule has 0 radical (unpaired) electrons. The molecule has 0 aliphatic heterocycles. The van der Waals surface area contributed by atoms with Gasteiger partial charge in [0, 0.05) is 12.0 Å². The average molecular weight is 285 g/mol. The lowest BCUT2D eigenvalue weighted by Crippen LogP contribution is -2.29. The van der Waals surface area contributed by atoms with E-state index in [0.717, 1.165) is 18.7 Å². The number of nitrogens with two attached hydrogens (primary N) is 1. The van der Waals surface area contributed by atoms with Crippen molar-refractivity contribution in [1.82, 2.24) is 10.4 Å². The van der Waals surface area contributed by atoms with Gasteiger partial charge < -0.3 is 4.74 Å². The van der Waals surface area contributed by atoms with Crippen LogP contribution in [0.15, 0.2) is 5.38 Å². The number of rotatable bonds is 9. The van der Waals surface area contributed by atoms with E-state index in [2.05, 4.69) is 24.3 Å². The minimum absolute atomic E-state index is 0.356. The van der Waals surface area contributed by atoms with Crippen molar-refractivity contribution in [1.29, 1.82) is 0 Å². The summed E-state index contributed by atoms with van der Waals surface area (Å²) >= 11 is 1.28. The number of unbranched alkanes of at least 4 members (excludes halogenated alkanes) is 1. The summed E-state index contributed by atoms with van der Waals surface area (Å²) in [5.41, 5.74) is 2.86. The maximum atomic E-state index is 11.2. The van der Waals surface area contributed by atoms with Crippen LogP contribution in [0.2, 0.25) is 0 Å². The predicted octanol–water partition coefficient (Wildman–Crippen LogP) is 2.48. The second-order valence-corrected chi connectivity index (χ2v) is 5.41. The van der Waals surface area contributed by atoms with Crippen LogP contribution in [0.1, 0.15) is 55.0 Å². The van der Waals surface area contributed by atoms with Gasteiger partial charge in [-0.2, -0.15) is 0 Å². The molecule has 0 bridgehead atoms. The van der Waals surface area contributed by atoms with Gasteiger partial charge in [0.15, 0.2) is 5.01 Å². The van der Waals surface area contributed by atoms with Crippen LogP contribution in [0.4, 0.5) is 0 Å². The number of aromatic nitrogens is 1. The molecule has 6 heteroatoms. The zero-order valence-electron chi connectivity index (χ0n) is 11.6. The molecular formula is C13H23N3O2S. The molecule has 0 saturated heterocycles. The first-order valence-corrected chi connectivity index (χ1v) is 7.62. The summed E-state index contributed by atoms with van der Waals surface area (Å²) in [6, 6.07) is 0. The van der Waals surface area contributed by atoms with Crippen LogP contribution >= 0.6 is 11.3 Å². The quantitative estimate of drug-likeness (QED) is 0.415. The number of nitrogens with one attached hydrogen (secondary N) is 1. The lowest BCUT2D eigenvalue weighted by Gasteiger charge is -2.13. The molecule has 1 heterocycles.